The van der Waals surface area contributed by atoms with Crippen LogP contribution in [0.5, 0.6) is 0 Å². The van der Waals surface area contributed by atoms with Crippen molar-refractivity contribution in [3.63, 3.8) is 0 Å². The number of anilines is 1. The SMILES string of the molecule is O=C(O)C(c1c[nH]c2cc(Br)ccc12)N1CCN(c2cccc(Cl)c2)CC1. The van der Waals surface area contributed by atoms with E-state index in [1.54, 1.807) is 0 Å². The maximum atomic E-state index is 12.1. The molecule has 2 N–H and O–H groups in total. The van der Waals surface area contributed by atoms with Gasteiger partial charge >= 0.3 is 5.97 Å². The summed E-state index contributed by atoms with van der Waals surface area (Å²) in [5, 5.41) is 11.6. The summed E-state index contributed by atoms with van der Waals surface area (Å²) < 4.78 is 0.963. The van der Waals surface area contributed by atoms with Crippen molar-refractivity contribution >= 4 is 50.1 Å². The summed E-state index contributed by atoms with van der Waals surface area (Å²) in [5.41, 5.74) is 2.82. The lowest BCUT2D eigenvalue weighted by molar-refractivity contribution is -0.143. The molecule has 1 unspecified atom stereocenters. The van der Waals surface area contributed by atoms with Gasteiger partial charge in [0.15, 0.2) is 0 Å². The van der Waals surface area contributed by atoms with E-state index < -0.39 is 12.0 Å². The Labute approximate surface area is 170 Å². The maximum Gasteiger partial charge on any atom is 0.325 e. The second kappa shape index (κ2) is 7.54. The van der Waals surface area contributed by atoms with Gasteiger partial charge in [0.05, 0.1) is 0 Å². The highest BCUT2D eigenvalue weighted by atomic mass is 79.9. The van der Waals surface area contributed by atoms with E-state index in [-0.39, 0.29) is 0 Å². The monoisotopic (exact) mass is 447 g/mol. The number of halogens is 2. The molecule has 0 bridgehead atoms. The van der Waals surface area contributed by atoms with Crippen LogP contribution in [0.1, 0.15) is 11.6 Å². The second-order valence-corrected chi connectivity index (χ2v) is 8.03. The van der Waals surface area contributed by atoms with Crippen LogP contribution < -0.4 is 4.90 Å². The molecule has 5 nitrogen and oxygen atoms in total. The first-order chi connectivity index (χ1) is 13.0. The van der Waals surface area contributed by atoms with Crippen molar-refractivity contribution in [2.75, 3.05) is 31.1 Å². The minimum Gasteiger partial charge on any atom is -0.480 e. The summed E-state index contributed by atoms with van der Waals surface area (Å²) >= 11 is 9.55. The quantitative estimate of drug-likeness (QED) is 0.615. The molecule has 0 saturated carbocycles. The summed E-state index contributed by atoms with van der Waals surface area (Å²) in [7, 11) is 0. The van der Waals surface area contributed by atoms with E-state index in [2.05, 4.69) is 25.8 Å². The van der Waals surface area contributed by atoms with E-state index in [0.29, 0.717) is 18.1 Å². The molecule has 2 aromatic carbocycles. The fraction of sp³-hybridized carbons (Fsp3) is 0.250. The molecule has 0 amide bonds. The van der Waals surface area contributed by atoms with Gasteiger partial charge < -0.3 is 15.0 Å². The fourth-order valence-corrected chi connectivity index (χ4v) is 4.29. The Morgan fingerprint density at radius 1 is 1.15 bits per heavy atom. The predicted octanol–water partition coefficient (Wildman–Crippen LogP) is 4.53. The van der Waals surface area contributed by atoms with Gasteiger partial charge in [0.1, 0.15) is 6.04 Å². The van der Waals surface area contributed by atoms with Crippen LogP contribution >= 0.6 is 27.5 Å². The molecular weight excluding hydrogens is 430 g/mol. The lowest BCUT2D eigenvalue weighted by Gasteiger charge is -2.38. The lowest BCUT2D eigenvalue weighted by atomic mass is 10.0. The standard InChI is InChI=1S/C20H19BrClN3O2/c21-13-4-5-16-17(12-23-18(16)10-13)19(20(26)27)25-8-6-24(7-9-25)15-3-1-2-14(22)11-15/h1-5,10-12,19,23H,6-9H2,(H,26,27). The van der Waals surface area contributed by atoms with Crippen molar-refractivity contribution < 1.29 is 9.90 Å². The number of benzene rings is 2. The van der Waals surface area contributed by atoms with Gasteiger partial charge in [-0.2, -0.15) is 0 Å². The Balaban J connectivity index is 1.56. The predicted molar refractivity (Wildman–Crippen MR) is 112 cm³/mol. The molecule has 1 aromatic heterocycles. The number of nitrogens with one attached hydrogen (secondary N) is 1. The first kappa shape index (κ1) is 18.3. The lowest BCUT2D eigenvalue weighted by Crippen LogP contribution is -2.49. The number of aromatic nitrogens is 1. The van der Waals surface area contributed by atoms with Crippen LogP contribution in [0, 0.1) is 0 Å². The minimum atomic E-state index is -0.824. The first-order valence-electron chi connectivity index (χ1n) is 8.77. The number of carboxylic acid groups (broad SMARTS) is 1. The molecule has 1 atom stereocenters. The van der Waals surface area contributed by atoms with Gasteiger partial charge in [-0.1, -0.05) is 39.7 Å². The number of hydrogen-bond acceptors (Lipinski definition) is 3. The Bertz CT molecular complexity index is 982. The van der Waals surface area contributed by atoms with Crippen LogP contribution in [-0.4, -0.2) is 47.1 Å². The number of rotatable bonds is 4. The summed E-state index contributed by atoms with van der Waals surface area (Å²) in [6, 6.07) is 13.0. The number of aliphatic carboxylic acids is 1. The molecule has 7 heteroatoms. The fourth-order valence-electron chi connectivity index (χ4n) is 3.74. The zero-order chi connectivity index (χ0) is 19.0. The highest BCUT2D eigenvalue weighted by Gasteiger charge is 2.32. The molecule has 0 aliphatic carbocycles. The highest BCUT2D eigenvalue weighted by molar-refractivity contribution is 9.10. The summed E-state index contributed by atoms with van der Waals surface area (Å²) in [6.45, 7) is 2.87. The third-order valence-electron chi connectivity index (χ3n) is 5.06. The number of carboxylic acids is 1. The van der Waals surface area contributed by atoms with Crippen LogP contribution in [0.25, 0.3) is 10.9 Å². The van der Waals surface area contributed by atoms with Crippen LogP contribution in [0.3, 0.4) is 0 Å². The molecule has 0 spiro atoms. The number of H-pyrrole nitrogens is 1. The number of aromatic amines is 1. The Morgan fingerprint density at radius 3 is 2.63 bits per heavy atom. The molecular formula is C20H19BrClN3O2. The van der Waals surface area contributed by atoms with Gasteiger partial charge in [-0.05, 0) is 30.3 Å². The minimum absolute atomic E-state index is 0.665. The number of carbonyl (C=O) groups is 1. The van der Waals surface area contributed by atoms with Gasteiger partial charge in [-0.25, -0.2) is 0 Å². The molecule has 1 saturated heterocycles. The summed E-state index contributed by atoms with van der Waals surface area (Å²) in [5.74, 6) is -0.824. The van der Waals surface area contributed by atoms with Crippen LogP contribution in [0.15, 0.2) is 53.1 Å². The van der Waals surface area contributed by atoms with Crippen molar-refractivity contribution in [2.45, 2.75) is 6.04 Å². The Hall–Kier alpha value is -2.02. The molecule has 1 aliphatic rings. The van der Waals surface area contributed by atoms with Crippen molar-refractivity contribution in [3.05, 3.63) is 63.7 Å². The number of nitrogens with zero attached hydrogens (tertiary/aromatic N) is 2. The third kappa shape index (κ3) is 3.70. The van der Waals surface area contributed by atoms with Gasteiger partial charge in [0.2, 0.25) is 0 Å². The average Bonchev–Trinajstić information content (AvgIpc) is 3.05. The van der Waals surface area contributed by atoms with Crippen LogP contribution in [0.4, 0.5) is 5.69 Å². The number of piperazine rings is 1. The van der Waals surface area contributed by atoms with Crippen LogP contribution in [-0.2, 0) is 4.79 Å². The molecule has 2 heterocycles. The molecule has 140 valence electrons. The van der Waals surface area contributed by atoms with E-state index in [4.69, 9.17) is 11.6 Å². The van der Waals surface area contributed by atoms with Crippen molar-refractivity contribution in [2.24, 2.45) is 0 Å². The summed E-state index contributed by atoms with van der Waals surface area (Å²) in [4.78, 5) is 19.6. The Morgan fingerprint density at radius 2 is 1.93 bits per heavy atom. The Kier molecular flexibility index (Phi) is 5.12. The van der Waals surface area contributed by atoms with Gasteiger partial charge in [-0.3, -0.25) is 9.69 Å². The first-order valence-corrected chi connectivity index (χ1v) is 9.94. The highest BCUT2D eigenvalue weighted by Crippen LogP contribution is 2.31. The van der Waals surface area contributed by atoms with E-state index in [1.807, 2.05) is 53.6 Å². The zero-order valence-corrected chi connectivity index (χ0v) is 16.9. The number of fused-ring (bicyclic) bond motifs is 1. The van der Waals surface area contributed by atoms with Gasteiger partial charge in [0, 0.05) is 64.0 Å². The molecule has 27 heavy (non-hydrogen) atoms. The topological polar surface area (TPSA) is 59.6 Å². The zero-order valence-electron chi connectivity index (χ0n) is 14.5. The number of hydrogen-bond donors (Lipinski definition) is 2. The average molecular weight is 449 g/mol. The van der Waals surface area contributed by atoms with Gasteiger partial charge in [0.25, 0.3) is 0 Å². The summed E-state index contributed by atoms with van der Waals surface area (Å²) in [6.07, 6.45) is 1.82. The molecule has 4 rings (SSSR count). The van der Waals surface area contributed by atoms with E-state index in [1.165, 1.54) is 0 Å². The normalized spacial score (nSPS) is 16.6. The largest absolute Gasteiger partial charge is 0.480 e. The van der Waals surface area contributed by atoms with Crippen molar-refractivity contribution in [1.29, 1.82) is 0 Å². The van der Waals surface area contributed by atoms with E-state index >= 15 is 0 Å². The molecule has 0 radical (unpaired) electrons. The second-order valence-electron chi connectivity index (χ2n) is 6.68. The van der Waals surface area contributed by atoms with Gasteiger partial charge in [-0.15, -0.1) is 0 Å². The van der Waals surface area contributed by atoms with E-state index in [0.717, 1.165) is 39.7 Å². The molecule has 3 aromatic rings. The molecule has 1 aliphatic heterocycles. The smallest absolute Gasteiger partial charge is 0.325 e. The maximum absolute atomic E-state index is 12.1. The molecule has 1 fully saturated rings. The third-order valence-corrected chi connectivity index (χ3v) is 5.79. The van der Waals surface area contributed by atoms with Crippen LogP contribution in [0.2, 0.25) is 5.02 Å². The van der Waals surface area contributed by atoms with Crippen molar-refractivity contribution in [1.82, 2.24) is 9.88 Å². The van der Waals surface area contributed by atoms with Crippen molar-refractivity contribution in [3.8, 4) is 0 Å². The van der Waals surface area contributed by atoms with E-state index in [9.17, 15) is 9.90 Å².